The van der Waals surface area contributed by atoms with E-state index in [1.54, 1.807) is 10.9 Å². The lowest BCUT2D eigenvalue weighted by Gasteiger charge is -2.06. The Bertz CT molecular complexity index is 803. The lowest BCUT2D eigenvalue weighted by atomic mass is 10.2. The molecule has 0 aliphatic rings. The first kappa shape index (κ1) is 11.3. The number of nitrogens with one attached hydrogen (secondary N) is 1. The highest BCUT2D eigenvalue weighted by atomic mass is 16.1. The van der Waals surface area contributed by atoms with Crippen LogP contribution in [0.5, 0.6) is 0 Å². The van der Waals surface area contributed by atoms with E-state index in [0.29, 0.717) is 17.9 Å². The van der Waals surface area contributed by atoms with Crippen molar-refractivity contribution in [2.45, 2.75) is 6.54 Å². The molecule has 96 valence electrons. The first-order chi connectivity index (χ1) is 9.15. The van der Waals surface area contributed by atoms with Gasteiger partial charge in [-0.2, -0.15) is 4.98 Å². The van der Waals surface area contributed by atoms with Crippen molar-refractivity contribution in [1.82, 2.24) is 19.5 Å². The van der Waals surface area contributed by atoms with E-state index in [9.17, 15) is 4.79 Å². The smallest absolute Gasteiger partial charge is 0.280 e. The van der Waals surface area contributed by atoms with E-state index in [2.05, 4.69) is 15.0 Å². The van der Waals surface area contributed by atoms with Gasteiger partial charge in [0.25, 0.3) is 5.56 Å². The molecule has 7 nitrogen and oxygen atoms in total. The van der Waals surface area contributed by atoms with Crippen molar-refractivity contribution < 1.29 is 0 Å². The number of anilines is 2. The van der Waals surface area contributed by atoms with E-state index in [1.807, 2.05) is 24.3 Å². The van der Waals surface area contributed by atoms with Crippen LogP contribution in [0.15, 0.2) is 35.4 Å². The molecule has 3 rings (SSSR count). The molecule has 7 heteroatoms. The summed E-state index contributed by atoms with van der Waals surface area (Å²) in [5.41, 5.74) is 13.4. The van der Waals surface area contributed by atoms with Gasteiger partial charge in [-0.3, -0.25) is 9.78 Å². The first-order valence-corrected chi connectivity index (χ1v) is 5.69. The highest BCUT2D eigenvalue weighted by Gasteiger charge is 2.10. The minimum absolute atomic E-state index is 0.0697. The maximum Gasteiger partial charge on any atom is 0.280 e. The van der Waals surface area contributed by atoms with E-state index >= 15 is 0 Å². The van der Waals surface area contributed by atoms with Gasteiger partial charge in [0.2, 0.25) is 5.95 Å². The van der Waals surface area contributed by atoms with Crippen LogP contribution >= 0.6 is 0 Å². The number of benzene rings is 1. The molecule has 0 aliphatic heterocycles. The van der Waals surface area contributed by atoms with E-state index in [0.717, 1.165) is 5.56 Å². The zero-order valence-corrected chi connectivity index (χ0v) is 10.00. The summed E-state index contributed by atoms with van der Waals surface area (Å²) in [6.07, 6.45) is 1.55. The van der Waals surface area contributed by atoms with Crippen molar-refractivity contribution in [1.29, 1.82) is 0 Å². The van der Waals surface area contributed by atoms with Crippen LogP contribution in [0.3, 0.4) is 0 Å². The molecule has 0 saturated carbocycles. The fraction of sp³-hybridized carbons (Fsp3) is 0.0833. The summed E-state index contributed by atoms with van der Waals surface area (Å²) in [6, 6.07) is 7.51. The van der Waals surface area contributed by atoms with Crippen molar-refractivity contribution in [3.8, 4) is 0 Å². The fourth-order valence-corrected chi connectivity index (χ4v) is 1.95. The van der Waals surface area contributed by atoms with Gasteiger partial charge in [-0.05, 0) is 11.6 Å². The number of imidazole rings is 1. The number of rotatable bonds is 2. The number of H-pyrrole nitrogens is 1. The molecule has 0 radical (unpaired) electrons. The molecule has 0 unspecified atom stereocenters. The van der Waals surface area contributed by atoms with Crippen LogP contribution in [0, 0.1) is 0 Å². The monoisotopic (exact) mass is 256 g/mol. The molecule has 0 saturated heterocycles. The van der Waals surface area contributed by atoms with Gasteiger partial charge in [-0.25, -0.2) is 4.98 Å². The van der Waals surface area contributed by atoms with Crippen molar-refractivity contribution in [3.05, 3.63) is 46.5 Å². The molecule has 19 heavy (non-hydrogen) atoms. The van der Waals surface area contributed by atoms with E-state index in [-0.39, 0.29) is 17.0 Å². The van der Waals surface area contributed by atoms with Crippen LogP contribution in [0.2, 0.25) is 0 Å². The minimum atomic E-state index is -0.345. The second-order valence-electron chi connectivity index (χ2n) is 4.19. The average Bonchev–Trinajstić information content (AvgIpc) is 2.76. The first-order valence-electron chi connectivity index (χ1n) is 5.69. The van der Waals surface area contributed by atoms with Gasteiger partial charge in [-0.1, -0.05) is 18.2 Å². The van der Waals surface area contributed by atoms with Gasteiger partial charge in [0.05, 0.1) is 12.9 Å². The third-order valence-electron chi connectivity index (χ3n) is 2.89. The SMILES string of the molecule is Nc1nc2c(ncn2Cc2ccccc2N)c(=O)[nH]1. The third-order valence-corrected chi connectivity index (χ3v) is 2.89. The highest BCUT2D eigenvalue weighted by molar-refractivity contribution is 5.70. The number of fused-ring (bicyclic) bond motifs is 1. The summed E-state index contributed by atoms with van der Waals surface area (Å²) in [5, 5.41) is 0. The minimum Gasteiger partial charge on any atom is -0.398 e. The Morgan fingerprint density at radius 1 is 1.26 bits per heavy atom. The van der Waals surface area contributed by atoms with Gasteiger partial charge < -0.3 is 16.0 Å². The second kappa shape index (κ2) is 4.13. The number of nitrogens with two attached hydrogens (primary N) is 2. The molecule has 0 fully saturated rings. The maximum atomic E-state index is 11.7. The zero-order chi connectivity index (χ0) is 13.4. The number of nitrogens with zero attached hydrogens (tertiary/aromatic N) is 3. The Balaban J connectivity index is 2.12. The van der Waals surface area contributed by atoms with Gasteiger partial charge >= 0.3 is 0 Å². The number of para-hydroxylation sites is 1. The standard InChI is InChI=1S/C12H12N6O/c13-8-4-2-1-3-7(8)5-18-6-15-9-10(18)16-12(14)17-11(9)19/h1-4,6H,5,13H2,(H3,14,16,17,19). The summed E-state index contributed by atoms with van der Waals surface area (Å²) in [6.45, 7) is 0.485. The average molecular weight is 256 g/mol. The normalized spacial score (nSPS) is 10.9. The van der Waals surface area contributed by atoms with Gasteiger partial charge in [0.15, 0.2) is 11.2 Å². The van der Waals surface area contributed by atoms with Crippen LogP contribution in [-0.2, 0) is 6.54 Å². The summed E-state index contributed by atoms with van der Waals surface area (Å²) in [4.78, 5) is 22.2. The molecule has 0 spiro atoms. The predicted molar refractivity (Wildman–Crippen MR) is 72.5 cm³/mol. The van der Waals surface area contributed by atoms with Crippen molar-refractivity contribution in [3.63, 3.8) is 0 Å². The molecule has 0 amide bonds. The molecule has 0 aliphatic carbocycles. The van der Waals surface area contributed by atoms with Crippen LogP contribution < -0.4 is 17.0 Å². The molecular formula is C12H12N6O. The fourth-order valence-electron chi connectivity index (χ4n) is 1.95. The summed E-state index contributed by atoms with van der Waals surface area (Å²) < 4.78 is 1.74. The zero-order valence-electron chi connectivity index (χ0n) is 10.00. The van der Waals surface area contributed by atoms with Crippen LogP contribution in [0.1, 0.15) is 5.56 Å². The van der Waals surface area contributed by atoms with E-state index in [1.165, 1.54) is 0 Å². The number of nitrogen functional groups attached to an aromatic ring is 2. The lowest BCUT2D eigenvalue weighted by Crippen LogP contribution is -2.12. The Labute approximate surface area is 107 Å². The molecular weight excluding hydrogens is 244 g/mol. The Kier molecular flexibility index (Phi) is 2.45. The molecule has 2 heterocycles. The number of hydrogen-bond acceptors (Lipinski definition) is 5. The summed E-state index contributed by atoms with van der Waals surface area (Å²) in [7, 11) is 0. The Morgan fingerprint density at radius 3 is 2.84 bits per heavy atom. The molecule has 0 bridgehead atoms. The largest absolute Gasteiger partial charge is 0.398 e. The van der Waals surface area contributed by atoms with Crippen LogP contribution in [0.25, 0.3) is 11.2 Å². The molecule has 0 atom stereocenters. The van der Waals surface area contributed by atoms with E-state index < -0.39 is 0 Å². The van der Waals surface area contributed by atoms with Crippen LogP contribution in [0.4, 0.5) is 11.6 Å². The van der Waals surface area contributed by atoms with Crippen molar-refractivity contribution in [2.24, 2.45) is 0 Å². The highest BCUT2D eigenvalue weighted by Crippen LogP contribution is 2.15. The number of hydrogen-bond donors (Lipinski definition) is 3. The molecule has 5 N–H and O–H groups in total. The molecule has 3 aromatic rings. The van der Waals surface area contributed by atoms with Gasteiger partial charge in [0, 0.05) is 5.69 Å². The lowest BCUT2D eigenvalue weighted by molar-refractivity contribution is 0.815. The Morgan fingerprint density at radius 2 is 2.05 bits per heavy atom. The quantitative estimate of drug-likeness (QED) is 0.571. The molecule has 2 aromatic heterocycles. The van der Waals surface area contributed by atoms with Gasteiger partial charge in [-0.15, -0.1) is 0 Å². The summed E-state index contributed by atoms with van der Waals surface area (Å²) in [5.74, 6) is 0.0697. The van der Waals surface area contributed by atoms with E-state index in [4.69, 9.17) is 11.5 Å². The van der Waals surface area contributed by atoms with Crippen molar-refractivity contribution in [2.75, 3.05) is 11.5 Å². The Hall–Kier alpha value is -2.83. The second-order valence-corrected chi connectivity index (χ2v) is 4.19. The maximum absolute atomic E-state index is 11.7. The van der Waals surface area contributed by atoms with Crippen molar-refractivity contribution >= 4 is 22.8 Å². The number of aromatic nitrogens is 4. The topological polar surface area (TPSA) is 116 Å². The predicted octanol–water partition coefficient (Wildman–Crippen LogP) is 0.332. The van der Waals surface area contributed by atoms with Gasteiger partial charge in [0.1, 0.15) is 0 Å². The third kappa shape index (κ3) is 1.90. The molecule has 1 aromatic carbocycles. The summed E-state index contributed by atoms with van der Waals surface area (Å²) >= 11 is 0. The van der Waals surface area contributed by atoms with Crippen LogP contribution in [-0.4, -0.2) is 19.5 Å². The number of aromatic amines is 1.